The average Bonchev–Trinajstić information content (AvgIpc) is 2.85. The summed E-state index contributed by atoms with van der Waals surface area (Å²) in [5.41, 5.74) is -1.38. The van der Waals surface area contributed by atoms with E-state index in [-0.39, 0.29) is 12.8 Å². The van der Waals surface area contributed by atoms with Crippen LogP contribution in [0.1, 0.15) is 38.3 Å². The molecule has 0 bridgehead atoms. The molecule has 5 N–H and O–H groups in total. The highest BCUT2D eigenvalue weighted by Crippen LogP contribution is 2.31. The number of H-pyrrole nitrogens is 1. The van der Waals surface area contributed by atoms with Gasteiger partial charge in [-0.1, -0.05) is 12.8 Å². The van der Waals surface area contributed by atoms with Crippen molar-refractivity contribution in [1.29, 1.82) is 0 Å². The number of carboxylic acids is 2. The minimum atomic E-state index is -1.38. The fourth-order valence-electron chi connectivity index (χ4n) is 3.09. The molecule has 1 fully saturated rings. The lowest BCUT2D eigenvalue weighted by Crippen LogP contribution is -2.37. The van der Waals surface area contributed by atoms with Gasteiger partial charge < -0.3 is 25.2 Å². The number of aliphatic hydroxyl groups excluding tert-OH is 2. The van der Waals surface area contributed by atoms with E-state index < -0.39 is 60.1 Å². The van der Waals surface area contributed by atoms with Crippen LogP contribution in [0.4, 0.5) is 0 Å². The van der Waals surface area contributed by atoms with Crippen molar-refractivity contribution < 1.29 is 34.8 Å². The fourth-order valence-corrected chi connectivity index (χ4v) is 3.09. The van der Waals surface area contributed by atoms with Gasteiger partial charge in [0.2, 0.25) is 0 Å². The molecule has 0 aliphatic carbocycles. The molecule has 5 atom stereocenters. The first-order valence-corrected chi connectivity index (χ1v) is 8.48. The van der Waals surface area contributed by atoms with E-state index in [1.54, 1.807) is 0 Å². The minimum Gasteiger partial charge on any atom is -0.481 e. The third kappa shape index (κ3) is 5.25. The number of ether oxygens (including phenoxy) is 1. The summed E-state index contributed by atoms with van der Waals surface area (Å²) in [5.74, 6) is -3.35. The number of aromatic nitrogens is 2. The maximum absolute atomic E-state index is 11.8. The molecule has 1 unspecified atom stereocenters. The van der Waals surface area contributed by atoms with Crippen molar-refractivity contribution in [3.63, 3.8) is 0 Å². The molecule has 1 saturated heterocycles. The van der Waals surface area contributed by atoms with E-state index in [9.17, 15) is 29.4 Å². The number of hydrogen-bond acceptors (Lipinski definition) is 7. The number of nitrogens with one attached hydrogen (secondary N) is 1. The second-order valence-electron chi connectivity index (χ2n) is 6.48. The number of aliphatic carboxylic acids is 2. The van der Waals surface area contributed by atoms with Crippen molar-refractivity contribution in [1.82, 2.24) is 9.55 Å². The van der Waals surface area contributed by atoms with Crippen molar-refractivity contribution in [2.24, 2.45) is 5.92 Å². The van der Waals surface area contributed by atoms with Crippen LogP contribution in [0.25, 0.3) is 0 Å². The second-order valence-corrected chi connectivity index (χ2v) is 6.48. The summed E-state index contributed by atoms with van der Waals surface area (Å²) in [6.07, 6.45) is -2.61. The number of unbranched alkanes of at least 4 members (excludes halogenated alkanes) is 1. The molecular weight excluding hydrogens is 364 g/mol. The maximum Gasteiger partial charge on any atom is 0.330 e. The third-order valence-corrected chi connectivity index (χ3v) is 4.52. The molecule has 27 heavy (non-hydrogen) atoms. The Morgan fingerprint density at radius 3 is 2.48 bits per heavy atom. The van der Waals surface area contributed by atoms with Gasteiger partial charge in [0, 0.05) is 12.3 Å². The van der Waals surface area contributed by atoms with Gasteiger partial charge in [-0.2, -0.15) is 0 Å². The van der Waals surface area contributed by atoms with Crippen LogP contribution >= 0.6 is 0 Å². The van der Waals surface area contributed by atoms with Gasteiger partial charge in [0.15, 0.2) is 6.23 Å². The van der Waals surface area contributed by atoms with E-state index in [0.29, 0.717) is 12.8 Å². The highest BCUT2D eigenvalue weighted by atomic mass is 16.6. The number of aromatic amines is 1. The van der Waals surface area contributed by atoms with Crippen molar-refractivity contribution in [3.8, 4) is 0 Å². The highest BCUT2D eigenvalue weighted by molar-refractivity contribution is 5.77. The summed E-state index contributed by atoms with van der Waals surface area (Å²) in [4.78, 5) is 46.6. The van der Waals surface area contributed by atoms with Crippen LogP contribution < -0.4 is 11.2 Å². The van der Waals surface area contributed by atoms with Gasteiger partial charge in [-0.3, -0.25) is 23.9 Å². The van der Waals surface area contributed by atoms with Crippen LogP contribution in [0.3, 0.4) is 0 Å². The summed E-state index contributed by atoms with van der Waals surface area (Å²) in [7, 11) is 0. The van der Waals surface area contributed by atoms with Gasteiger partial charge in [0.1, 0.15) is 12.2 Å². The number of nitrogens with zero attached hydrogens (tertiary/aromatic N) is 1. The maximum atomic E-state index is 11.8. The Bertz CT molecular complexity index is 787. The molecule has 0 spiro atoms. The van der Waals surface area contributed by atoms with Crippen LogP contribution in [-0.4, -0.2) is 60.2 Å². The zero-order chi connectivity index (χ0) is 20.1. The van der Waals surface area contributed by atoms with Crippen LogP contribution in [0.5, 0.6) is 0 Å². The first kappa shape index (κ1) is 20.8. The second kappa shape index (κ2) is 8.93. The molecule has 150 valence electrons. The Kier molecular flexibility index (Phi) is 6.88. The Morgan fingerprint density at radius 1 is 1.19 bits per heavy atom. The van der Waals surface area contributed by atoms with Crippen LogP contribution in [0, 0.1) is 5.92 Å². The quantitative estimate of drug-likeness (QED) is 0.329. The molecule has 0 radical (unpaired) electrons. The van der Waals surface area contributed by atoms with E-state index in [4.69, 9.17) is 14.9 Å². The molecule has 1 aliphatic rings. The number of carboxylic acid groups (broad SMARTS) is 2. The van der Waals surface area contributed by atoms with Crippen LogP contribution in [0.15, 0.2) is 21.9 Å². The number of hydrogen-bond donors (Lipinski definition) is 5. The van der Waals surface area contributed by atoms with E-state index in [1.165, 1.54) is 0 Å². The molecule has 1 aromatic rings. The van der Waals surface area contributed by atoms with Crippen LogP contribution in [0.2, 0.25) is 0 Å². The highest BCUT2D eigenvalue weighted by Gasteiger charge is 2.43. The molecule has 11 nitrogen and oxygen atoms in total. The van der Waals surface area contributed by atoms with Crippen molar-refractivity contribution in [3.05, 3.63) is 33.1 Å². The van der Waals surface area contributed by atoms with Crippen molar-refractivity contribution in [2.45, 2.75) is 56.6 Å². The standard InChI is InChI=1S/C16H22N2O9/c19-10-5-6-18(16(26)17-10)14-13(23)12(22)9(27-14)4-2-1-3-8(15(24)25)7-11(20)21/h5-6,8-9,12-14,22-23H,1-4,7H2,(H,20,21)(H,24,25)(H,17,19,26)/t8?,9-,12-,13-,14-/m1/s1. The molecule has 2 heterocycles. The zero-order valence-corrected chi connectivity index (χ0v) is 14.4. The third-order valence-electron chi connectivity index (χ3n) is 4.52. The summed E-state index contributed by atoms with van der Waals surface area (Å²) in [5, 5.41) is 37.9. The zero-order valence-electron chi connectivity index (χ0n) is 14.4. The van der Waals surface area contributed by atoms with E-state index in [2.05, 4.69) is 0 Å². The SMILES string of the molecule is O=C(O)CC(CCCC[C@H]1O[C@@H](n2ccc(=O)[nH]c2=O)[C@H](O)[C@@H]1O)C(=O)O. The molecule has 11 heteroatoms. The van der Waals surface area contributed by atoms with E-state index >= 15 is 0 Å². The van der Waals surface area contributed by atoms with Crippen molar-refractivity contribution in [2.75, 3.05) is 0 Å². The van der Waals surface area contributed by atoms with Gasteiger partial charge in [0.05, 0.1) is 18.4 Å². The van der Waals surface area contributed by atoms with Gasteiger partial charge in [-0.15, -0.1) is 0 Å². The Labute approximate surface area is 152 Å². The minimum absolute atomic E-state index is 0.163. The average molecular weight is 386 g/mol. The topological polar surface area (TPSA) is 179 Å². The van der Waals surface area contributed by atoms with Crippen molar-refractivity contribution >= 4 is 11.9 Å². The molecular formula is C16H22N2O9. The van der Waals surface area contributed by atoms with Gasteiger partial charge in [0.25, 0.3) is 5.56 Å². The number of aliphatic hydroxyl groups is 2. The molecule has 1 aromatic heterocycles. The predicted molar refractivity (Wildman–Crippen MR) is 89.1 cm³/mol. The number of carbonyl (C=O) groups is 2. The normalized spacial score (nSPS) is 26.0. The monoisotopic (exact) mass is 386 g/mol. The molecule has 0 saturated carbocycles. The Hall–Kier alpha value is -2.50. The Balaban J connectivity index is 1.90. The molecule has 1 aliphatic heterocycles. The van der Waals surface area contributed by atoms with Gasteiger partial charge >= 0.3 is 17.6 Å². The lowest BCUT2D eigenvalue weighted by molar-refractivity contribution is -0.148. The molecule has 2 rings (SSSR count). The number of rotatable bonds is 9. The lowest BCUT2D eigenvalue weighted by atomic mass is 9.96. The predicted octanol–water partition coefficient (Wildman–Crippen LogP) is -1.11. The summed E-state index contributed by atoms with van der Waals surface area (Å²) in [6.45, 7) is 0. The van der Waals surface area contributed by atoms with Crippen LogP contribution in [-0.2, 0) is 14.3 Å². The van der Waals surface area contributed by atoms with Gasteiger partial charge in [-0.25, -0.2) is 4.79 Å². The summed E-state index contributed by atoms with van der Waals surface area (Å²) in [6, 6.07) is 1.09. The smallest absolute Gasteiger partial charge is 0.330 e. The van der Waals surface area contributed by atoms with E-state index in [0.717, 1.165) is 16.8 Å². The molecule has 0 amide bonds. The lowest BCUT2D eigenvalue weighted by Gasteiger charge is -2.16. The summed E-state index contributed by atoms with van der Waals surface area (Å²) < 4.78 is 6.52. The summed E-state index contributed by atoms with van der Waals surface area (Å²) >= 11 is 0. The largest absolute Gasteiger partial charge is 0.481 e. The molecule has 0 aromatic carbocycles. The first-order valence-electron chi connectivity index (χ1n) is 8.48. The first-order chi connectivity index (χ1) is 12.7. The van der Waals surface area contributed by atoms with E-state index in [1.807, 2.05) is 4.98 Å². The fraction of sp³-hybridized carbons (Fsp3) is 0.625. The Morgan fingerprint density at radius 2 is 1.89 bits per heavy atom. The van der Waals surface area contributed by atoms with Gasteiger partial charge in [-0.05, 0) is 12.8 Å².